The number of carbonyl (C=O) groups is 1. The Kier molecular flexibility index (Phi) is 6.62. The molecule has 1 aromatic rings. The summed E-state index contributed by atoms with van der Waals surface area (Å²) in [4.78, 5) is 16.0. The number of aromatic nitrogens is 3. The minimum Gasteiger partial charge on any atom is -0.378 e. The number of hydrogen-bond donors (Lipinski definition) is 3. The highest BCUT2D eigenvalue weighted by molar-refractivity contribution is 5.90. The first-order chi connectivity index (χ1) is 10.3. The molecule has 2 rings (SSSR count). The summed E-state index contributed by atoms with van der Waals surface area (Å²) < 4.78 is 5.78. The molecule has 7 heteroatoms. The van der Waals surface area contributed by atoms with Crippen LogP contribution in [0.15, 0.2) is 0 Å². The molecule has 1 fully saturated rings. The number of ether oxygens (including phenoxy) is 1. The largest absolute Gasteiger partial charge is 0.378 e. The fourth-order valence-electron chi connectivity index (χ4n) is 2.31. The molecular weight excluding hydrogens is 270 g/mol. The average Bonchev–Trinajstić information content (AvgIpc) is 2.97. The molecule has 7 nitrogen and oxygen atoms in total. The van der Waals surface area contributed by atoms with Crippen molar-refractivity contribution in [1.29, 1.82) is 0 Å². The van der Waals surface area contributed by atoms with E-state index in [4.69, 9.17) is 4.74 Å². The van der Waals surface area contributed by atoms with Crippen molar-refractivity contribution in [2.24, 2.45) is 0 Å². The van der Waals surface area contributed by atoms with Crippen molar-refractivity contribution in [3.8, 4) is 0 Å². The van der Waals surface area contributed by atoms with Crippen molar-refractivity contribution >= 4 is 5.91 Å². The highest BCUT2D eigenvalue weighted by atomic mass is 16.5. The molecule has 0 radical (unpaired) electrons. The molecular formula is C14H25N5O2. The van der Waals surface area contributed by atoms with Crippen LogP contribution in [0.3, 0.4) is 0 Å². The maximum Gasteiger partial charge on any atom is 0.290 e. The van der Waals surface area contributed by atoms with Crippen LogP contribution in [-0.4, -0.2) is 53.4 Å². The maximum absolute atomic E-state index is 11.8. The maximum atomic E-state index is 11.8. The molecule has 1 aliphatic rings. The molecule has 0 bridgehead atoms. The number of carbonyl (C=O) groups excluding carboxylic acids is 1. The van der Waals surface area contributed by atoms with Gasteiger partial charge in [-0.25, -0.2) is 4.98 Å². The van der Waals surface area contributed by atoms with Crippen molar-refractivity contribution in [2.45, 2.75) is 45.1 Å². The topological polar surface area (TPSA) is 91.9 Å². The van der Waals surface area contributed by atoms with E-state index in [1.54, 1.807) is 0 Å². The molecule has 118 valence electrons. The van der Waals surface area contributed by atoms with Crippen molar-refractivity contribution in [1.82, 2.24) is 25.8 Å². The number of aromatic amines is 1. The van der Waals surface area contributed by atoms with Gasteiger partial charge in [0.2, 0.25) is 5.82 Å². The lowest BCUT2D eigenvalue weighted by molar-refractivity contribution is 0.0317. The van der Waals surface area contributed by atoms with Crippen LogP contribution in [0.25, 0.3) is 0 Å². The van der Waals surface area contributed by atoms with E-state index in [1.165, 1.54) is 0 Å². The lowest BCUT2D eigenvalue weighted by Crippen LogP contribution is -2.33. The molecule has 1 amide bonds. The van der Waals surface area contributed by atoms with Crippen molar-refractivity contribution < 1.29 is 9.53 Å². The van der Waals surface area contributed by atoms with Gasteiger partial charge in [-0.2, -0.15) is 0 Å². The van der Waals surface area contributed by atoms with Crippen LogP contribution in [0, 0.1) is 0 Å². The van der Waals surface area contributed by atoms with Gasteiger partial charge in [0.15, 0.2) is 0 Å². The normalized spacial score (nSPS) is 16.0. The van der Waals surface area contributed by atoms with Gasteiger partial charge in [-0.3, -0.25) is 9.89 Å². The van der Waals surface area contributed by atoms with Crippen LogP contribution in [0.1, 0.15) is 49.1 Å². The average molecular weight is 295 g/mol. The zero-order valence-electron chi connectivity index (χ0n) is 12.7. The number of H-pyrrole nitrogens is 1. The molecule has 1 aliphatic heterocycles. The summed E-state index contributed by atoms with van der Waals surface area (Å²) in [6.45, 7) is 5.39. The smallest absolute Gasteiger partial charge is 0.290 e. The zero-order chi connectivity index (χ0) is 14.9. The van der Waals surface area contributed by atoms with E-state index in [-0.39, 0.29) is 11.7 Å². The first-order valence-electron chi connectivity index (χ1n) is 7.81. The summed E-state index contributed by atoms with van der Waals surface area (Å²) in [5.74, 6) is 0.755. The van der Waals surface area contributed by atoms with Crippen molar-refractivity contribution in [3.63, 3.8) is 0 Å². The molecule has 0 saturated carbocycles. The number of nitrogens with zero attached hydrogens (tertiary/aromatic N) is 2. The second-order valence-electron chi connectivity index (χ2n) is 5.29. The van der Waals surface area contributed by atoms with Gasteiger partial charge in [0.05, 0.1) is 6.10 Å². The number of nitrogens with one attached hydrogen (secondary N) is 3. The Bertz CT molecular complexity index is 429. The van der Waals surface area contributed by atoms with Gasteiger partial charge in [-0.1, -0.05) is 6.92 Å². The van der Waals surface area contributed by atoms with Gasteiger partial charge in [-0.15, -0.1) is 5.10 Å². The highest BCUT2D eigenvalue weighted by Gasteiger charge is 2.13. The zero-order valence-corrected chi connectivity index (χ0v) is 12.7. The van der Waals surface area contributed by atoms with Crippen LogP contribution in [-0.2, 0) is 11.2 Å². The third-order valence-corrected chi connectivity index (χ3v) is 3.47. The first kappa shape index (κ1) is 15.9. The summed E-state index contributed by atoms with van der Waals surface area (Å²) in [5, 5.41) is 12.8. The second-order valence-corrected chi connectivity index (χ2v) is 5.29. The van der Waals surface area contributed by atoms with E-state index < -0.39 is 0 Å². The minimum atomic E-state index is -0.226. The fraction of sp³-hybridized carbons (Fsp3) is 0.786. The Morgan fingerprint density at radius 1 is 1.43 bits per heavy atom. The van der Waals surface area contributed by atoms with Crippen molar-refractivity contribution in [3.05, 3.63) is 11.6 Å². The Hall–Kier alpha value is -1.47. The standard InChI is InChI=1S/C14H25N5O2/c1-2-4-12-17-13(19-18-12)14(20)16-7-3-10-21-11-5-8-15-9-6-11/h11,15H,2-10H2,1H3,(H,16,20)(H,17,18,19). The molecule has 0 unspecified atom stereocenters. The van der Waals surface area contributed by atoms with E-state index in [2.05, 4.69) is 32.7 Å². The van der Waals surface area contributed by atoms with Gasteiger partial charge in [0.25, 0.3) is 5.91 Å². The van der Waals surface area contributed by atoms with Gasteiger partial charge >= 0.3 is 0 Å². The van der Waals surface area contributed by atoms with Gasteiger partial charge in [-0.05, 0) is 38.8 Å². The fourth-order valence-corrected chi connectivity index (χ4v) is 2.31. The molecule has 0 aromatic carbocycles. The monoisotopic (exact) mass is 295 g/mol. The second kappa shape index (κ2) is 8.74. The summed E-state index contributed by atoms with van der Waals surface area (Å²) >= 11 is 0. The molecule has 2 heterocycles. The number of aryl methyl sites for hydroxylation is 1. The van der Waals surface area contributed by atoms with Crippen LogP contribution < -0.4 is 10.6 Å². The van der Waals surface area contributed by atoms with Crippen LogP contribution in [0.5, 0.6) is 0 Å². The van der Waals surface area contributed by atoms with E-state index in [1.807, 2.05) is 0 Å². The lowest BCUT2D eigenvalue weighted by Gasteiger charge is -2.22. The summed E-state index contributed by atoms with van der Waals surface area (Å²) in [6, 6.07) is 0. The molecule has 21 heavy (non-hydrogen) atoms. The van der Waals surface area contributed by atoms with Gasteiger partial charge in [0.1, 0.15) is 5.82 Å². The summed E-state index contributed by atoms with van der Waals surface area (Å²) in [6.07, 6.45) is 5.11. The summed E-state index contributed by atoms with van der Waals surface area (Å²) in [5.41, 5.74) is 0. The molecule has 0 atom stereocenters. The molecule has 1 saturated heterocycles. The molecule has 0 spiro atoms. The van der Waals surface area contributed by atoms with Gasteiger partial charge in [0, 0.05) is 19.6 Å². The minimum absolute atomic E-state index is 0.220. The Morgan fingerprint density at radius 2 is 2.24 bits per heavy atom. The van der Waals surface area contributed by atoms with E-state index in [0.717, 1.165) is 51.0 Å². The molecule has 3 N–H and O–H groups in total. The SMILES string of the molecule is CCCc1nc(C(=O)NCCCOC2CCNCC2)n[nH]1. The predicted molar refractivity (Wildman–Crippen MR) is 79.2 cm³/mol. The quantitative estimate of drug-likeness (QED) is 0.612. The van der Waals surface area contributed by atoms with Crippen LogP contribution in [0.4, 0.5) is 0 Å². The summed E-state index contributed by atoms with van der Waals surface area (Å²) in [7, 11) is 0. The Morgan fingerprint density at radius 3 is 3.00 bits per heavy atom. The van der Waals surface area contributed by atoms with E-state index in [0.29, 0.717) is 19.3 Å². The molecule has 1 aromatic heterocycles. The highest BCUT2D eigenvalue weighted by Crippen LogP contribution is 2.07. The van der Waals surface area contributed by atoms with Crippen LogP contribution >= 0.6 is 0 Å². The number of amides is 1. The number of piperidine rings is 1. The third kappa shape index (κ3) is 5.43. The van der Waals surface area contributed by atoms with E-state index >= 15 is 0 Å². The predicted octanol–water partition coefficient (Wildman–Crippen LogP) is 0.646. The number of hydrogen-bond acceptors (Lipinski definition) is 5. The molecule has 0 aliphatic carbocycles. The van der Waals surface area contributed by atoms with Crippen molar-refractivity contribution in [2.75, 3.05) is 26.2 Å². The van der Waals surface area contributed by atoms with E-state index in [9.17, 15) is 4.79 Å². The third-order valence-electron chi connectivity index (χ3n) is 3.47. The Balaban J connectivity index is 1.58. The Labute approximate surface area is 125 Å². The van der Waals surface area contributed by atoms with Crippen LogP contribution in [0.2, 0.25) is 0 Å². The lowest BCUT2D eigenvalue weighted by atomic mass is 10.1. The van der Waals surface area contributed by atoms with Gasteiger partial charge < -0.3 is 15.4 Å². The first-order valence-corrected chi connectivity index (χ1v) is 7.81. The number of rotatable bonds is 8.